The topological polar surface area (TPSA) is 82.8 Å². The first-order valence-electron chi connectivity index (χ1n) is 10.1. The summed E-state index contributed by atoms with van der Waals surface area (Å²) in [5, 5.41) is 17.4. The van der Waals surface area contributed by atoms with E-state index in [-0.39, 0.29) is 5.91 Å². The molecule has 0 saturated carbocycles. The Bertz CT molecular complexity index is 1020. The fraction of sp³-hybridized carbons (Fsp3) is 0.409. The molecule has 152 valence electrons. The minimum atomic E-state index is -0.940. The smallest absolute Gasteiger partial charge is 0.256 e. The Morgan fingerprint density at radius 3 is 2.69 bits per heavy atom. The highest BCUT2D eigenvalue weighted by molar-refractivity contribution is 6.04. The molecule has 7 heteroatoms. The van der Waals surface area contributed by atoms with Gasteiger partial charge in [-0.2, -0.15) is 9.61 Å². The van der Waals surface area contributed by atoms with Crippen molar-refractivity contribution in [1.29, 1.82) is 0 Å². The molecule has 3 aromatic rings. The number of amides is 1. The van der Waals surface area contributed by atoms with E-state index >= 15 is 0 Å². The number of fused-ring (bicyclic) bond motifs is 1. The molecule has 1 aliphatic rings. The summed E-state index contributed by atoms with van der Waals surface area (Å²) in [6.45, 7) is 7.62. The zero-order valence-electron chi connectivity index (χ0n) is 17.1. The number of nitrogens with zero attached hydrogens (tertiary/aromatic N) is 4. The quantitative estimate of drug-likeness (QED) is 0.709. The highest BCUT2D eigenvalue weighted by Gasteiger charge is 2.21. The van der Waals surface area contributed by atoms with Gasteiger partial charge in [0.25, 0.3) is 5.91 Å². The zero-order chi connectivity index (χ0) is 20.6. The Labute approximate surface area is 170 Å². The molecule has 2 N–H and O–H groups in total. The van der Waals surface area contributed by atoms with Gasteiger partial charge in [-0.3, -0.25) is 4.79 Å². The normalized spacial score (nSPS) is 17.5. The van der Waals surface area contributed by atoms with Crippen molar-refractivity contribution in [2.45, 2.75) is 39.2 Å². The summed E-state index contributed by atoms with van der Waals surface area (Å²) < 4.78 is 1.83. The SMILES string of the molecule is CC1CCCN(c2cc(NC(=O)c3ccc(C(C)(C)O)cc3)nc3ccnn23)C1. The summed E-state index contributed by atoms with van der Waals surface area (Å²) in [5.41, 5.74) is 1.04. The highest BCUT2D eigenvalue weighted by atomic mass is 16.3. The minimum absolute atomic E-state index is 0.235. The Morgan fingerprint density at radius 2 is 2.00 bits per heavy atom. The van der Waals surface area contributed by atoms with E-state index in [9.17, 15) is 9.90 Å². The van der Waals surface area contributed by atoms with E-state index < -0.39 is 5.60 Å². The predicted molar refractivity (Wildman–Crippen MR) is 113 cm³/mol. The molecule has 0 aliphatic carbocycles. The summed E-state index contributed by atoms with van der Waals surface area (Å²) in [4.78, 5) is 19.6. The number of hydrogen-bond donors (Lipinski definition) is 2. The maximum Gasteiger partial charge on any atom is 0.256 e. The average Bonchev–Trinajstić information content (AvgIpc) is 3.15. The van der Waals surface area contributed by atoms with E-state index in [1.807, 2.05) is 16.6 Å². The molecule has 1 amide bonds. The van der Waals surface area contributed by atoms with Gasteiger partial charge in [0.05, 0.1) is 11.8 Å². The third kappa shape index (κ3) is 4.10. The number of benzene rings is 1. The Balaban J connectivity index is 1.60. The van der Waals surface area contributed by atoms with Crippen LogP contribution < -0.4 is 10.2 Å². The van der Waals surface area contributed by atoms with Crippen LogP contribution in [0, 0.1) is 5.92 Å². The molecule has 29 heavy (non-hydrogen) atoms. The highest BCUT2D eigenvalue weighted by Crippen LogP contribution is 2.26. The molecule has 2 aromatic heterocycles. The van der Waals surface area contributed by atoms with Gasteiger partial charge in [0.2, 0.25) is 0 Å². The number of carbonyl (C=O) groups excluding carboxylic acids is 1. The third-order valence-corrected chi connectivity index (χ3v) is 5.42. The Hall–Kier alpha value is -2.93. The number of piperidine rings is 1. The lowest BCUT2D eigenvalue weighted by molar-refractivity contribution is 0.0785. The van der Waals surface area contributed by atoms with E-state index in [0.29, 0.717) is 22.9 Å². The maximum absolute atomic E-state index is 12.7. The van der Waals surface area contributed by atoms with Crippen LogP contribution in [-0.4, -0.2) is 38.7 Å². The van der Waals surface area contributed by atoms with Crippen molar-refractivity contribution in [3.05, 3.63) is 53.7 Å². The van der Waals surface area contributed by atoms with Crippen molar-refractivity contribution in [2.24, 2.45) is 5.92 Å². The first kappa shape index (κ1) is 19.4. The molecule has 1 aromatic carbocycles. The van der Waals surface area contributed by atoms with E-state index in [0.717, 1.165) is 30.9 Å². The van der Waals surface area contributed by atoms with Crippen LogP contribution in [0.5, 0.6) is 0 Å². The molecule has 1 fully saturated rings. The van der Waals surface area contributed by atoms with E-state index in [4.69, 9.17) is 0 Å². The molecule has 7 nitrogen and oxygen atoms in total. The average molecular weight is 393 g/mol. The zero-order valence-corrected chi connectivity index (χ0v) is 17.1. The summed E-state index contributed by atoms with van der Waals surface area (Å²) in [5.74, 6) is 1.83. The van der Waals surface area contributed by atoms with Gasteiger partial charge in [-0.15, -0.1) is 0 Å². The number of anilines is 2. The Morgan fingerprint density at radius 1 is 1.24 bits per heavy atom. The molecular weight excluding hydrogens is 366 g/mol. The fourth-order valence-corrected chi connectivity index (χ4v) is 3.80. The lowest BCUT2D eigenvalue weighted by Gasteiger charge is -2.32. The van der Waals surface area contributed by atoms with Crippen LogP contribution in [0.1, 0.15) is 49.5 Å². The second-order valence-corrected chi connectivity index (χ2v) is 8.38. The van der Waals surface area contributed by atoms with Crippen molar-refractivity contribution in [1.82, 2.24) is 14.6 Å². The number of hydrogen-bond acceptors (Lipinski definition) is 5. The van der Waals surface area contributed by atoms with Crippen LogP contribution in [0.15, 0.2) is 42.6 Å². The fourth-order valence-electron chi connectivity index (χ4n) is 3.80. The number of rotatable bonds is 4. The second-order valence-electron chi connectivity index (χ2n) is 8.38. The standard InChI is InChI=1S/C22H27N5O2/c1-15-5-4-12-26(14-15)20-13-18(24-19-10-11-23-27(19)20)25-21(28)16-6-8-17(9-7-16)22(2,3)29/h6-11,13,15,29H,4-5,12,14H2,1-3H3,(H,24,25,28). The van der Waals surface area contributed by atoms with Gasteiger partial charge in [-0.1, -0.05) is 19.1 Å². The van der Waals surface area contributed by atoms with Crippen molar-refractivity contribution < 1.29 is 9.90 Å². The lowest BCUT2D eigenvalue weighted by atomic mass is 9.97. The number of aliphatic hydroxyl groups is 1. The third-order valence-electron chi connectivity index (χ3n) is 5.42. The molecule has 1 saturated heterocycles. The number of carbonyl (C=O) groups is 1. The minimum Gasteiger partial charge on any atom is -0.386 e. The molecule has 3 heterocycles. The van der Waals surface area contributed by atoms with Gasteiger partial charge >= 0.3 is 0 Å². The first-order chi connectivity index (χ1) is 13.8. The van der Waals surface area contributed by atoms with Gasteiger partial charge in [0, 0.05) is 30.8 Å². The van der Waals surface area contributed by atoms with Gasteiger partial charge in [-0.25, -0.2) is 4.98 Å². The van der Waals surface area contributed by atoms with Crippen molar-refractivity contribution in [3.63, 3.8) is 0 Å². The monoisotopic (exact) mass is 393 g/mol. The molecule has 0 radical (unpaired) electrons. The molecule has 4 rings (SSSR count). The largest absolute Gasteiger partial charge is 0.386 e. The van der Waals surface area contributed by atoms with Crippen molar-refractivity contribution >= 4 is 23.2 Å². The lowest BCUT2D eigenvalue weighted by Crippen LogP contribution is -2.35. The molecular formula is C22H27N5O2. The van der Waals surface area contributed by atoms with Crippen molar-refractivity contribution in [3.8, 4) is 0 Å². The van der Waals surface area contributed by atoms with E-state index in [2.05, 4.69) is 27.2 Å². The Kier molecular flexibility index (Phi) is 5.00. The number of aromatic nitrogens is 3. The van der Waals surface area contributed by atoms with Crippen LogP contribution >= 0.6 is 0 Å². The van der Waals surface area contributed by atoms with Crippen LogP contribution in [0.3, 0.4) is 0 Å². The van der Waals surface area contributed by atoms with Crippen molar-refractivity contribution in [2.75, 3.05) is 23.3 Å². The van der Waals surface area contributed by atoms with E-state index in [1.54, 1.807) is 44.3 Å². The molecule has 1 atom stereocenters. The molecule has 0 bridgehead atoms. The number of nitrogens with one attached hydrogen (secondary N) is 1. The van der Waals surface area contributed by atoms with Gasteiger partial charge in [0.15, 0.2) is 5.65 Å². The van der Waals surface area contributed by atoms with Gasteiger partial charge < -0.3 is 15.3 Å². The molecule has 0 spiro atoms. The van der Waals surface area contributed by atoms with Crippen LogP contribution in [-0.2, 0) is 5.60 Å². The maximum atomic E-state index is 12.7. The second kappa shape index (κ2) is 7.48. The van der Waals surface area contributed by atoms with E-state index in [1.165, 1.54) is 6.42 Å². The first-order valence-corrected chi connectivity index (χ1v) is 10.1. The summed E-state index contributed by atoms with van der Waals surface area (Å²) in [6.07, 6.45) is 4.09. The molecule has 1 aliphatic heterocycles. The predicted octanol–water partition coefficient (Wildman–Crippen LogP) is 3.45. The van der Waals surface area contributed by atoms with Gasteiger partial charge in [0.1, 0.15) is 11.6 Å². The molecule has 1 unspecified atom stereocenters. The summed E-state index contributed by atoms with van der Waals surface area (Å²) in [7, 11) is 0. The van der Waals surface area contributed by atoms with Crippen LogP contribution in [0.4, 0.5) is 11.6 Å². The summed E-state index contributed by atoms with van der Waals surface area (Å²) >= 11 is 0. The van der Waals surface area contributed by atoms with Crippen LogP contribution in [0.2, 0.25) is 0 Å². The van der Waals surface area contributed by atoms with Gasteiger partial charge in [-0.05, 0) is 50.3 Å². The van der Waals surface area contributed by atoms with Crippen LogP contribution in [0.25, 0.3) is 5.65 Å². The summed E-state index contributed by atoms with van der Waals surface area (Å²) in [6, 6.07) is 10.7.